The highest BCUT2D eigenvalue weighted by Gasteiger charge is 2.25. The number of piperazine rings is 1. The van der Waals surface area contributed by atoms with Crippen molar-refractivity contribution in [2.45, 2.75) is 19.4 Å². The largest absolute Gasteiger partial charge is 0.353 e. The molecule has 0 unspecified atom stereocenters. The molecule has 4 aromatic rings. The minimum absolute atomic E-state index is 0.0606. The molecule has 1 saturated heterocycles. The molecule has 0 atom stereocenters. The van der Waals surface area contributed by atoms with Crippen LogP contribution in [0.15, 0.2) is 83.5 Å². The number of carbonyl (C=O) groups is 1. The van der Waals surface area contributed by atoms with Crippen molar-refractivity contribution >= 4 is 11.8 Å². The molecule has 1 N–H and O–H groups in total. The zero-order valence-corrected chi connectivity index (χ0v) is 19.7. The average Bonchev–Trinajstić information content (AvgIpc) is 3.42. The molecular formula is C27H28N6O2. The molecule has 8 heteroatoms. The molecule has 0 aliphatic carbocycles. The number of nitrogens with one attached hydrogen (secondary N) is 1. The maximum Gasteiger partial charge on any atom is 0.318 e. The molecular weight excluding hydrogens is 440 g/mol. The van der Waals surface area contributed by atoms with E-state index in [9.17, 15) is 4.79 Å². The number of aromatic nitrogens is 3. The van der Waals surface area contributed by atoms with Crippen LogP contribution in [0.25, 0.3) is 11.4 Å². The third-order valence-corrected chi connectivity index (χ3v) is 6.20. The van der Waals surface area contributed by atoms with Gasteiger partial charge in [-0.05, 0) is 23.3 Å². The van der Waals surface area contributed by atoms with Crippen LogP contribution in [0.3, 0.4) is 0 Å². The monoisotopic (exact) mass is 468 g/mol. The van der Waals surface area contributed by atoms with Gasteiger partial charge in [-0.3, -0.25) is 0 Å². The molecule has 2 aromatic heterocycles. The zero-order chi connectivity index (χ0) is 24.0. The van der Waals surface area contributed by atoms with Crippen molar-refractivity contribution < 1.29 is 9.32 Å². The number of anilines is 1. The van der Waals surface area contributed by atoms with Crippen molar-refractivity contribution in [2.75, 3.05) is 31.1 Å². The van der Waals surface area contributed by atoms with E-state index in [4.69, 9.17) is 4.52 Å². The first-order valence-corrected chi connectivity index (χ1v) is 11.9. The molecule has 2 aromatic carbocycles. The van der Waals surface area contributed by atoms with Gasteiger partial charge in [-0.25, -0.2) is 9.78 Å². The molecule has 3 heterocycles. The van der Waals surface area contributed by atoms with Crippen molar-refractivity contribution in [3.8, 4) is 11.4 Å². The summed E-state index contributed by atoms with van der Waals surface area (Å²) >= 11 is 0. The fraction of sp³-hybridized carbons (Fsp3) is 0.259. The fourth-order valence-electron chi connectivity index (χ4n) is 4.22. The molecule has 35 heavy (non-hydrogen) atoms. The molecule has 5 rings (SSSR count). The Morgan fingerprint density at radius 2 is 1.60 bits per heavy atom. The Balaban J connectivity index is 1.21. The highest BCUT2D eigenvalue weighted by Crippen LogP contribution is 2.23. The third kappa shape index (κ3) is 5.16. The first-order valence-electron chi connectivity index (χ1n) is 11.9. The van der Waals surface area contributed by atoms with Crippen LogP contribution in [0, 0.1) is 0 Å². The Morgan fingerprint density at radius 3 is 2.14 bits per heavy atom. The van der Waals surface area contributed by atoms with Crippen LogP contribution >= 0.6 is 0 Å². The summed E-state index contributed by atoms with van der Waals surface area (Å²) in [6.45, 7) is 4.64. The zero-order valence-electron chi connectivity index (χ0n) is 19.7. The Hall–Kier alpha value is -4.20. The van der Waals surface area contributed by atoms with Gasteiger partial charge in [-0.15, -0.1) is 0 Å². The summed E-state index contributed by atoms with van der Waals surface area (Å²) in [5.41, 5.74) is 2.94. The van der Waals surface area contributed by atoms with E-state index in [0.29, 0.717) is 44.3 Å². The summed E-state index contributed by atoms with van der Waals surface area (Å²) in [5, 5.41) is 7.24. The van der Waals surface area contributed by atoms with E-state index in [1.165, 1.54) is 0 Å². The number of rotatable bonds is 6. The van der Waals surface area contributed by atoms with Gasteiger partial charge in [0.2, 0.25) is 11.7 Å². The van der Waals surface area contributed by atoms with Gasteiger partial charge in [0, 0.05) is 44.4 Å². The fourth-order valence-corrected chi connectivity index (χ4v) is 4.22. The van der Waals surface area contributed by atoms with Crippen molar-refractivity contribution in [1.82, 2.24) is 25.3 Å². The predicted octanol–water partition coefficient (Wildman–Crippen LogP) is 4.32. The summed E-state index contributed by atoms with van der Waals surface area (Å²) in [6, 6.07) is 23.8. The predicted molar refractivity (Wildman–Crippen MR) is 134 cm³/mol. The number of hydrogen-bond donors (Lipinski definition) is 1. The molecule has 1 fully saturated rings. The standard InChI is InChI=1S/C27H28N6O2/c1-2-24-29-26(31-35-24)22-13-14-23(28-19-22)32-15-17-33(18-16-32)27(34)30-25(20-9-5-3-6-10-20)21-11-7-4-8-12-21/h3-14,19,25H,2,15-18H2,1H3,(H,30,34). The second kappa shape index (κ2) is 10.4. The van der Waals surface area contributed by atoms with E-state index in [-0.39, 0.29) is 12.1 Å². The lowest BCUT2D eigenvalue weighted by molar-refractivity contribution is 0.192. The normalized spacial score (nSPS) is 13.8. The van der Waals surface area contributed by atoms with Gasteiger partial charge in [-0.1, -0.05) is 72.7 Å². The summed E-state index contributed by atoms with van der Waals surface area (Å²) in [7, 11) is 0. The molecule has 1 aliphatic rings. The number of aryl methyl sites for hydroxylation is 1. The lowest BCUT2D eigenvalue weighted by atomic mass is 9.99. The first-order chi connectivity index (χ1) is 17.2. The number of carbonyl (C=O) groups excluding carboxylic acids is 1. The molecule has 0 radical (unpaired) electrons. The molecule has 2 amide bonds. The molecule has 0 saturated carbocycles. The Labute approximate surface area is 204 Å². The van der Waals surface area contributed by atoms with Crippen LogP contribution in [0.1, 0.15) is 30.0 Å². The molecule has 8 nitrogen and oxygen atoms in total. The van der Waals surface area contributed by atoms with Crippen molar-refractivity contribution in [1.29, 1.82) is 0 Å². The number of nitrogens with zero attached hydrogens (tertiary/aromatic N) is 5. The third-order valence-electron chi connectivity index (χ3n) is 6.20. The minimum atomic E-state index is -0.199. The molecule has 178 valence electrons. The minimum Gasteiger partial charge on any atom is -0.353 e. The van der Waals surface area contributed by atoms with Gasteiger partial charge < -0.3 is 19.6 Å². The van der Waals surface area contributed by atoms with E-state index in [1.54, 1.807) is 6.20 Å². The van der Waals surface area contributed by atoms with Gasteiger partial charge in [0.25, 0.3) is 0 Å². The van der Waals surface area contributed by atoms with Crippen molar-refractivity contribution in [3.63, 3.8) is 0 Å². The van der Waals surface area contributed by atoms with Crippen LogP contribution in [-0.2, 0) is 6.42 Å². The molecule has 1 aliphatic heterocycles. The maximum absolute atomic E-state index is 13.2. The molecule has 0 bridgehead atoms. The van der Waals surface area contributed by atoms with Crippen LogP contribution in [0.5, 0.6) is 0 Å². The first kappa shape index (κ1) is 22.6. The summed E-state index contributed by atoms with van der Waals surface area (Å²) < 4.78 is 5.19. The Bertz CT molecular complexity index is 1200. The van der Waals surface area contributed by atoms with Crippen molar-refractivity contribution in [2.24, 2.45) is 0 Å². The number of benzene rings is 2. The maximum atomic E-state index is 13.2. The van der Waals surface area contributed by atoms with Gasteiger partial charge in [-0.2, -0.15) is 4.98 Å². The van der Waals surface area contributed by atoms with E-state index < -0.39 is 0 Å². The summed E-state index contributed by atoms with van der Waals surface area (Å²) in [5.74, 6) is 2.04. The van der Waals surface area contributed by atoms with E-state index >= 15 is 0 Å². The van der Waals surface area contributed by atoms with Crippen molar-refractivity contribution in [3.05, 3.63) is 96.0 Å². The topological polar surface area (TPSA) is 87.4 Å². The highest BCUT2D eigenvalue weighted by molar-refractivity contribution is 5.75. The van der Waals surface area contributed by atoms with E-state index in [2.05, 4.69) is 25.3 Å². The number of amides is 2. The number of pyridine rings is 1. The lowest BCUT2D eigenvalue weighted by Crippen LogP contribution is -2.52. The molecule has 0 spiro atoms. The van der Waals surface area contributed by atoms with Crippen LogP contribution in [0.2, 0.25) is 0 Å². The van der Waals surface area contributed by atoms with Gasteiger partial charge in [0.1, 0.15) is 5.82 Å². The van der Waals surface area contributed by atoms with Crippen LogP contribution < -0.4 is 10.2 Å². The van der Waals surface area contributed by atoms with Crippen LogP contribution in [-0.4, -0.2) is 52.2 Å². The SMILES string of the molecule is CCc1nc(-c2ccc(N3CCN(C(=O)NC(c4ccccc4)c4ccccc4)CC3)nc2)no1. The van der Waals surface area contributed by atoms with Crippen LogP contribution in [0.4, 0.5) is 10.6 Å². The van der Waals surface area contributed by atoms with E-state index in [1.807, 2.05) is 84.6 Å². The smallest absolute Gasteiger partial charge is 0.318 e. The van der Waals surface area contributed by atoms with Gasteiger partial charge >= 0.3 is 6.03 Å². The van der Waals surface area contributed by atoms with E-state index in [0.717, 1.165) is 22.5 Å². The quantitative estimate of drug-likeness (QED) is 0.454. The number of hydrogen-bond acceptors (Lipinski definition) is 6. The number of urea groups is 1. The lowest BCUT2D eigenvalue weighted by Gasteiger charge is -2.36. The van der Waals surface area contributed by atoms with Gasteiger partial charge in [0.15, 0.2) is 0 Å². The Kier molecular flexibility index (Phi) is 6.70. The second-order valence-electron chi connectivity index (χ2n) is 8.45. The summed E-state index contributed by atoms with van der Waals surface area (Å²) in [4.78, 5) is 26.2. The van der Waals surface area contributed by atoms with Gasteiger partial charge in [0.05, 0.1) is 6.04 Å². The Morgan fingerprint density at radius 1 is 0.943 bits per heavy atom. The highest BCUT2D eigenvalue weighted by atomic mass is 16.5. The summed E-state index contributed by atoms with van der Waals surface area (Å²) in [6.07, 6.45) is 2.47. The average molecular weight is 469 g/mol. The second-order valence-corrected chi connectivity index (χ2v) is 8.45.